The monoisotopic (exact) mass is 282 g/mol. The molecule has 1 aliphatic heterocycles. The molecule has 1 aliphatic carbocycles. The molecule has 2 N–H and O–H groups in total. The maximum Gasteiger partial charge on any atom is 0.307 e. The van der Waals surface area contributed by atoms with Gasteiger partial charge in [-0.25, -0.2) is 0 Å². The van der Waals surface area contributed by atoms with Gasteiger partial charge in [0.1, 0.15) is 5.60 Å². The molecule has 2 fully saturated rings. The SMILES string of the molecule is CCCCC(C)[C@H](O)/C=C/C12CC(O)CC1CC(=O)O2. The molecule has 1 saturated carbocycles. The second-order valence-electron chi connectivity index (χ2n) is 6.39. The van der Waals surface area contributed by atoms with E-state index in [1.165, 1.54) is 0 Å². The van der Waals surface area contributed by atoms with E-state index in [0.29, 0.717) is 19.3 Å². The summed E-state index contributed by atoms with van der Waals surface area (Å²) >= 11 is 0. The molecule has 114 valence electrons. The third-order valence-electron chi connectivity index (χ3n) is 4.69. The van der Waals surface area contributed by atoms with Crippen LogP contribution in [0.25, 0.3) is 0 Å². The summed E-state index contributed by atoms with van der Waals surface area (Å²) in [7, 11) is 0. The van der Waals surface area contributed by atoms with Crippen molar-refractivity contribution in [3.8, 4) is 0 Å². The summed E-state index contributed by atoms with van der Waals surface area (Å²) in [4.78, 5) is 11.5. The van der Waals surface area contributed by atoms with Gasteiger partial charge in [-0.05, 0) is 24.8 Å². The van der Waals surface area contributed by atoms with Gasteiger partial charge in [0.15, 0.2) is 0 Å². The third kappa shape index (κ3) is 3.23. The Balaban J connectivity index is 2.00. The lowest BCUT2D eigenvalue weighted by Crippen LogP contribution is -2.30. The maximum atomic E-state index is 11.5. The highest BCUT2D eigenvalue weighted by Crippen LogP contribution is 2.47. The second kappa shape index (κ2) is 6.27. The number of aliphatic hydroxyl groups is 2. The van der Waals surface area contributed by atoms with Gasteiger partial charge in [-0.15, -0.1) is 0 Å². The molecular formula is C16H26O4. The van der Waals surface area contributed by atoms with E-state index in [1.54, 1.807) is 6.08 Å². The Morgan fingerprint density at radius 3 is 3.00 bits per heavy atom. The summed E-state index contributed by atoms with van der Waals surface area (Å²) in [6, 6.07) is 0. The number of aliphatic hydroxyl groups excluding tert-OH is 2. The van der Waals surface area contributed by atoms with Crippen molar-refractivity contribution in [1.29, 1.82) is 0 Å². The Morgan fingerprint density at radius 1 is 1.55 bits per heavy atom. The molecule has 0 aromatic rings. The Morgan fingerprint density at radius 2 is 2.30 bits per heavy atom. The summed E-state index contributed by atoms with van der Waals surface area (Å²) < 4.78 is 5.46. The van der Waals surface area contributed by atoms with E-state index in [2.05, 4.69) is 6.92 Å². The zero-order chi connectivity index (χ0) is 14.8. The smallest absolute Gasteiger partial charge is 0.307 e. The van der Waals surface area contributed by atoms with E-state index in [1.807, 2.05) is 13.0 Å². The van der Waals surface area contributed by atoms with Gasteiger partial charge in [-0.2, -0.15) is 0 Å². The lowest BCUT2D eigenvalue weighted by atomic mass is 9.89. The van der Waals surface area contributed by atoms with Crippen LogP contribution in [0.5, 0.6) is 0 Å². The fourth-order valence-corrected chi connectivity index (χ4v) is 3.37. The average Bonchev–Trinajstić information content (AvgIpc) is 2.83. The molecule has 1 saturated heterocycles. The minimum absolute atomic E-state index is 0.0550. The standard InChI is InChI=1S/C16H26O4/c1-3-4-5-11(2)14(18)6-7-16-10-13(17)8-12(16)9-15(19)20-16/h6-7,11-14,17-18H,3-5,8-10H2,1-2H3/b7-6+/t11?,12?,13?,14-,16?/m1/s1. The molecule has 2 rings (SSSR count). The Labute approximate surface area is 120 Å². The van der Waals surface area contributed by atoms with E-state index in [9.17, 15) is 15.0 Å². The Kier molecular flexibility index (Phi) is 4.86. The van der Waals surface area contributed by atoms with Crippen molar-refractivity contribution in [3.05, 3.63) is 12.2 Å². The van der Waals surface area contributed by atoms with Crippen LogP contribution in [-0.2, 0) is 9.53 Å². The lowest BCUT2D eigenvalue weighted by molar-refractivity contribution is -0.146. The van der Waals surface area contributed by atoms with Gasteiger partial charge in [0, 0.05) is 12.3 Å². The number of fused-ring (bicyclic) bond motifs is 1. The number of unbranched alkanes of at least 4 members (excludes halogenated alkanes) is 1. The van der Waals surface area contributed by atoms with Crippen LogP contribution in [0.2, 0.25) is 0 Å². The first-order valence-corrected chi connectivity index (χ1v) is 7.74. The predicted octanol–water partition coefficient (Wildman–Crippen LogP) is 2.19. The van der Waals surface area contributed by atoms with Crippen molar-refractivity contribution in [2.45, 2.75) is 70.2 Å². The summed E-state index contributed by atoms with van der Waals surface area (Å²) in [5, 5.41) is 20.0. The van der Waals surface area contributed by atoms with E-state index in [4.69, 9.17) is 4.74 Å². The van der Waals surface area contributed by atoms with Gasteiger partial charge in [-0.3, -0.25) is 4.79 Å². The van der Waals surface area contributed by atoms with Crippen LogP contribution in [-0.4, -0.2) is 34.0 Å². The molecule has 1 heterocycles. The van der Waals surface area contributed by atoms with Gasteiger partial charge >= 0.3 is 5.97 Å². The van der Waals surface area contributed by atoms with Crippen molar-refractivity contribution in [2.75, 3.05) is 0 Å². The fourth-order valence-electron chi connectivity index (χ4n) is 3.37. The van der Waals surface area contributed by atoms with Crippen molar-refractivity contribution in [1.82, 2.24) is 0 Å². The molecule has 4 heteroatoms. The molecule has 4 nitrogen and oxygen atoms in total. The topological polar surface area (TPSA) is 66.8 Å². The van der Waals surface area contributed by atoms with Crippen LogP contribution in [0.3, 0.4) is 0 Å². The zero-order valence-electron chi connectivity index (χ0n) is 12.4. The van der Waals surface area contributed by atoms with E-state index >= 15 is 0 Å². The molecule has 2 aliphatic rings. The van der Waals surface area contributed by atoms with Gasteiger partial charge in [0.05, 0.1) is 18.6 Å². The minimum atomic E-state index is -0.679. The zero-order valence-corrected chi connectivity index (χ0v) is 12.4. The predicted molar refractivity (Wildman–Crippen MR) is 76.0 cm³/mol. The fraction of sp³-hybridized carbons (Fsp3) is 0.812. The molecule has 0 bridgehead atoms. The quantitative estimate of drug-likeness (QED) is 0.579. The molecule has 5 atom stereocenters. The van der Waals surface area contributed by atoms with Crippen LogP contribution in [0.1, 0.15) is 52.4 Å². The summed E-state index contributed by atoms with van der Waals surface area (Å²) in [6.07, 6.45) is 7.30. The third-order valence-corrected chi connectivity index (χ3v) is 4.69. The second-order valence-corrected chi connectivity index (χ2v) is 6.39. The Hall–Kier alpha value is -0.870. The lowest BCUT2D eigenvalue weighted by Gasteiger charge is -2.24. The van der Waals surface area contributed by atoms with Gasteiger partial charge in [0.2, 0.25) is 0 Å². The highest BCUT2D eigenvalue weighted by molar-refractivity contribution is 5.73. The summed E-state index contributed by atoms with van der Waals surface area (Å²) in [5.74, 6) is 0.0592. The van der Waals surface area contributed by atoms with Crippen LogP contribution in [0.15, 0.2) is 12.2 Å². The molecule has 0 aromatic carbocycles. The molecular weight excluding hydrogens is 256 g/mol. The maximum absolute atomic E-state index is 11.5. The van der Waals surface area contributed by atoms with Crippen LogP contribution >= 0.6 is 0 Å². The normalized spacial score (nSPS) is 36.1. The molecule has 0 radical (unpaired) electrons. The molecule has 20 heavy (non-hydrogen) atoms. The number of esters is 1. The number of hydrogen-bond acceptors (Lipinski definition) is 4. The van der Waals surface area contributed by atoms with Crippen molar-refractivity contribution in [3.63, 3.8) is 0 Å². The van der Waals surface area contributed by atoms with E-state index in [-0.39, 0.29) is 17.8 Å². The highest BCUT2D eigenvalue weighted by atomic mass is 16.6. The largest absolute Gasteiger partial charge is 0.454 e. The molecule has 0 spiro atoms. The summed E-state index contributed by atoms with van der Waals surface area (Å²) in [6.45, 7) is 4.17. The van der Waals surface area contributed by atoms with Gasteiger partial charge in [0.25, 0.3) is 0 Å². The first kappa shape index (κ1) is 15.5. The number of rotatable bonds is 6. The average molecular weight is 282 g/mol. The minimum Gasteiger partial charge on any atom is -0.454 e. The molecule has 0 amide bonds. The van der Waals surface area contributed by atoms with Crippen molar-refractivity contribution < 1.29 is 19.7 Å². The van der Waals surface area contributed by atoms with Gasteiger partial charge < -0.3 is 14.9 Å². The number of carbonyl (C=O) groups excluding carboxylic acids is 1. The molecule has 0 aromatic heterocycles. The van der Waals surface area contributed by atoms with Gasteiger partial charge in [-0.1, -0.05) is 32.8 Å². The Bertz CT molecular complexity index is 379. The van der Waals surface area contributed by atoms with Crippen LogP contribution < -0.4 is 0 Å². The highest BCUT2D eigenvalue weighted by Gasteiger charge is 2.53. The number of hydrogen-bond donors (Lipinski definition) is 2. The first-order valence-electron chi connectivity index (χ1n) is 7.74. The molecule has 4 unspecified atom stereocenters. The van der Waals surface area contributed by atoms with Crippen molar-refractivity contribution in [2.24, 2.45) is 11.8 Å². The summed E-state index contributed by atoms with van der Waals surface area (Å²) in [5.41, 5.74) is -0.679. The van der Waals surface area contributed by atoms with Crippen LogP contribution in [0, 0.1) is 11.8 Å². The van der Waals surface area contributed by atoms with Crippen LogP contribution in [0.4, 0.5) is 0 Å². The van der Waals surface area contributed by atoms with Crippen molar-refractivity contribution >= 4 is 5.97 Å². The number of carbonyl (C=O) groups is 1. The van der Waals surface area contributed by atoms with E-state index < -0.39 is 17.8 Å². The number of ether oxygens (including phenoxy) is 1. The first-order chi connectivity index (χ1) is 9.47. The van der Waals surface area contributed by atoms with E-state index in [0.717, 1.165) is 19.3 Å².